The zero-order chi connectivity index (χ0) is 10.4. The highest BCUT2D eigenvalue weighted by atomic mass is 79.9. The van der Waals surface area contributed by atoms with E-state index in [1.54, 1.807) is 12.1 Å². The number of esters is 1. The Kier molecular flexibility index (Phi) is 4.40. The summed E-state index contributed by atoms with van der Waals surface area (Å²) in [6.45, 7) is 3.65. The van der Waals surface area contributed by atoms with Gasteiger partial charge in [-0.1, -0.05) is 40.2 Å². The topological polar surface area (TPSA) is 26.3 Å². The van der Waals surface area contributed by atoms with Gasteiger partial charge in [0.15, 0.2) is 0 Å². The Balaban J connectivity index is 2.83. The zero-order valence-electron chi connectivity index (χ0n) is 7.70. The monoisotopic (exact) mass is 254 g/mol. The molecule has 0 saturated heterocycles. The van der Waals surface area contributed by atoms with Crippen molar-refractivity contribution in [2.24, 2.45) is 0 Å². The Morgan fingerprint density at radius 2 is 2.21 bits per heavy atom. The smallest absolute Gasteiger partial charge is 0.321 e. The maximum atomic E-state index is 11.0. The first-order valence-electron chi connectivity index (χ1n) is 4.23. The number of allylic oxidation sites excluding steroid dienone is 1. The number of para-hydroxylation sites is 1. The minimum atomic E-state index is -0.290. The lowest BCUT2D eigenvalue weighted by Gasteiger charge is -2.06. The van der Waals surface area contributed by atoms with Gasteiger partial charge in [0.25, 0.3) is 0 Å². The quantitative estimate of drug-likeness (QED) is 0.358. The number of hydrogen-bond donors (Lipinski definition) is 0. The summed E-state index contributed by atoms with van der Waals surface area (Å²) in [6, 6.07) is 7.44. The van der Waals surface area contributed by atoms with Crippen LogP contribution in [0.25, 0.3) is 0 Å². The van der Waals surface area contributed by atoms with E-state index in [1.807, 2.05) is 18.2 Å². The molecule has 0 N–H and O–H groups in total. The predicted molar refractivity (Wildman–Crippen MR) is 59.8 cm³/mol. The van der Waals surface area contributed by atoms with Crippen molar-refractivity contribution < 1.29 is 9.53 Å². The first-order valence-corrected chi connectivity index (χ1v) is 5.35. The van der Waals surface area contributed by atoms with Crippen molar-refractivity contribution in [3.05, 3.63) is 42.5 Å². The van der Waals surface area contributed by atoms with E-state index in [9.17, 15) is 4.79 Å². The fourth-order valence-electron chi connectivity index (χ4n) is 1.08. The van der Waals surface area contributed by atoms with Crippen molar-refractivity contribution in [3.8, 4) is 5.75 Å². The lowest BCUT2D eigenvalue weighted by molar-refractivity contribution is -0.131. The molecule has 1 rings (SSSR count). The van der Waals surface area contributed by atoms with Gasteiger partial charge >= 0.3 is 5.97 Å². The SMILES string of the molecule is C=CCc1ccccc1OC(=O)CBr. The second kappa shape index (κ2) is 5.60. The Bertz CT molecular complexity index is 334. The van der Waals surface area contributed by atoms with Crippen LogP contribution >= 0.6 is 15.9 Å². The third-order valence-corrected chi connectivity index (χ3v) is 2.13. The lowest BCUT2D eigenvalue weighted by Crippen LogP contribution is -2.09. The highest BCUT2D eigenvalue weighted by molar-refractivity contribution is 9.09. The molecule has 1 aromatic carbocycles. The van der Waals surface area contributed by atoms with Crippen LogP contribution in [0.5, 0.6) is 5.75 Å². The molecule has 3 heteroatoms. The Morgan fingerprint density at radius 1 is 1.50 bits per heavy atom. The van der Waals surface area contributed by atoms with Gasteiger partial charge in [0.2, 0.25) is 0 Å². The molecule has 0 spiro atoms. The molecule has 0 aliphatic heterocycles. The largest absolute Gasteiger partial charge is 0.426 e. The molecule has 0 aliphatic carbocycles. The third-order valence-electron chi connectivity index (χ3n) is 1.67. The van der Waals surface area contributed by atoms with Gasteiger partial charge < -0.3 is 4.74 Å². The van der Waals surface area contributed by atoms with Crippen molar-refractivity contribution in [1.29, 1.82) is 0 Å². The molecule has 0 atom stereocenters. The van der Waals surface area contributed by atoms with Gasteiger partial charge in [-0.3, -0.25) is 4.79 Å². The number of alkyl halides is 1. The Labute approximate surface area is 91.7 Å². The van der Waals surface area contributed by atoms with E-state index < -0.39 is 0 Å². The molecule has 0 aromatic heterocycles. The standard InChI is InChI=1S/C11H11BrO2/c1-2-5-9-6-3-4-7-10(9)14-11(13)8-12/h2-4,6-7H,1,5,8H2. The molecule has 0 fully saturated rings. The van der Waals surface area contributed by atoms with Crippen LogP contribution in [0, 0.1) is 0 Å². The zero-order valence-corrected chi connectivity index (χ0v) is 9.29. The van der Waals surface area contributed by atoms with Crippen LogP contribution in [0.3, 0.4) is 0 Å². The Hall–Kier alpha value is -1.09. The third kappa shape index (κ3) is 3.00. The first-order chi connectivity index (χ1) is 6.77. The number of carbonyl (C=O) groups is 1. The van der Waals surface area contributed by atoms with Gasteiger partial charge in [-0.05, 0) is 18.1 Å². The van der Waals surface area contributed by atoms with Crippen molar-refractivity contribution in [3.63, 3.8) is 0 Å². The van der Waals surface area contributed by atoms with Crippen LogP contribution in [0.15, 0.2) is 36.9 Å². The van der Waals surface area contributed by atoms with E-state index in [1.165, 1.54) is 0 Å². The van der Waals surface area contributed by atoms with Crippen molar-refractivity contribution >= 4 is 21.9 Å². The molecule has 14 heavy (non-hydrogen) atoms. The number of rotatable bonds is 4. The molecule has 0 saturated carbocycles. The molecule has 74 valence electrons. The van der Waals surface area contributed by atoms with Gasteiger partial charge in [-0.25, -0.2) is 0 Å². The summed E-state index contributed by atoms with van der Waals surface area (Å²) in [5, 5.41) is 0.204. The van der Waals surface area contributed by atoms with E-state index in [0.29, 0.717) is 12.2 Å². The van der Waals surface area contributed by atoms with Gasteiger partial charge in [0.05, 0.1) is 0 Å². The number of hydrogen-bond acceptors (Lipinski definition) is 2. The average molecular weight is 255 g/mol. The van der Waals surface area contributed by atoms with Crippen LogP contribution in [0.2, 0.25) is 0 Å². The van der Waals surface area contributed by atoms with E-state index in [0.717, 1.165) is 5.56 Å². The second-order valence-corrected chi connectivity index (χ2v) is 3.27. The van der Waals surface area contributed by atoms with Crippen molar-refractivity contribution in [1.82, 2.24) is 0 Å². The second-order valence-electron chi connectivity index (χ2n) is 2.71. The minimum absolute atomic E-state index is 0.204. The summed E-state index contributed by atoms with van der Waals surface area (Å²) in [7, 11) is 0. The van der Waals surface area contributed by atoms with Gasteiger partial charge in [-0.15, -0.1) is 6.58 Å². The molecule has 1 aromatic rings. The molecule has 0 bridgehead atoms. The summed E-state index contributed by atoms with van der Waals surface area (Å²) in [5.74, 6) is 0.318. The van der Waals surface area contributed by atoms with Crippen LogP contribution in [-0.2, 0) is 11.2 Å². The maximum Gasteiger partial charge on any atom is 0.321 e. The maximum absolute atomic E-state index is 11.0. The summed E-state index contributed by atoms with van der Waals surface area (Å²) in [5.41, 5.74) is 0.969. The fourth-order valence-corrected chi connectivity index (χ4v) is 1.19. The molecular formula is C11H11BrO2. The molecular weight excluding hydrogens is 244 g/mol. The first kappa shape index (κ1) is 11.0. The van der Waals surface area contributed by atoms with Crippen molar-refractivity contribution in [2.75, 3.05) is 5.33 Å². The van der Waals surface area contributed by atoms with E-state index in [2.05, 4.69) is 22.5 Å². The molecule has 0 aliphatic rings. The van der Waals surface area contributed by atoms with Crippen molar-refractivity contribution in [2.45, 2.75) is 6.42 Å². The fraction of sp³-hybridized carbons (Fsp3) is 0.182. The van der Waals surface area contributed by atoms with Gasteiger partial charge in [-0.2, -0.15) is 0 Å². The number of ether oxygens (including phenoxy) is 1. The molecule has 0 radical (unpaired) electrons. The molecule has 0 amide bonds. The van der Waals surface area contributed by atoms with Crippen LogP contribution in [0.1, 0.15) is 5.56 Å². The summed E-state index contributed by atoms with van der Waals surface area (Å²) in [6.07, 6.45) is 2.48. The van der Waals surface area contributed by atoms with E-state index in [4.69, 9.17) is 4.74 Å². The van der Waals surface area contributed by atoms with Gasteiger partial charge in [0, 0.05) is 0 Å². The van der Waals surface area contributed by atoms with Crippen LogP contribution < -0.4 is 4.74 Å². The van der Waals surface area contributed by atoms with E-state index >= 15 is 0 Å². The summed E-state index contributed by atoms with van der Waals surface area (Å²) in [4.78, 5) is 11.0. The number of halogens is 1. The predicted octanol–water partition coefficient (Wildman–Crippen LogP) is 2.72. The number of carbonyl (C=O) groups excluding carboxylic acids is 1. The number of benzene rings is 1. The highest BCUT2D eigenvalue weighted by Gasteiger charge is 2.05. The summed E-state index contributed by atoms with van der Waals surface area (Å²) >= 11 is 3.04. The van der Waals surface area contributed by atoms with Gasteiger partial charge in [0.1, 0.15) is 11.1 Å². The minimum Gasteiger partial charge on any atom is -0.426 e. The van der Waals surface area contributed by atoms with Crippen LogP contribution in [-0.4, -0.2) is 11.3 Å². The molecule has 0 heterocycles. The summed E-state index contributed by atoms with van der Waals surface area (Å²) < 4.78 is 5.11. The average Bonchev–Trinajstić information content (AvgIpc) is 2.21. The van der Waals surface area contributed by atoms with E-state index in [-0.39, 0.29) is 11.3 Å². The lowest BCUT2D eigenvalue weighted by atomic mass is 10.1. The highest BCUT2D eigenvalue weighted by Crippen LogP contribution is 2.18. The molecule has 2 nitrogen and oxygen atoms in total. The normalized spacial score (nSPS) is 9.50. The Morgan fingerprint density at radius 3 is 2.86 bits per heavy atom. The molecule has 0 unspecified atom stereocenters. The van der Waals surface area contributed by atoms with Crippen LogP contribution in [0.4, 0.5) is 0 Å².